The molecule has 3 aromatic rings. The van der Waals surface area contributed by atoms with E-state index in [1.807, 2.05) is 37.3 Å². The first-order valence-electron chi connectivity index (χ1n) is 8.59. The van der Waals surface area contributed by atoms with Gasteiger partial charge in [-0.2, -0.15) is 0 Å². The van der Waals surface area contributed by atoms with Crippen LogP contribution >= 0.6 is 0 Å². The van der Waals surface area contributed by atoms with Gasteiger partial charge >= 0.3 is 6.16 Å². The Kier molecular flexibility index (Phi) is 3.95. The highest BCUT2D eigenvalue weighted by Gasteiger charge is 2.25. The summed E-state index contributed by atoms with van der Waals surface area (Å²) in [5.41, 5.74) is 4.54. The van der Waals surface area contributed by atoms with Crippen LogP contribution in [0.2, 0.25) is 0 Å². The highest BCUT2D eigenvalue weighted by atomic mass is 16.7. The lowest BCUT2D eigenvalue weighted by atomic mass is 10.0. The molecule has 0 radical (unpaired) electrons. The normalized spacial score (nSPS) is 12.0. The summed E-state index contributed by atoms with van der Waals surface area (Å²) in [4.78, 5) is 28.5. The third-order valence-corrected chi connectivity index (χ3v) is 4.73. The average molecular weight is 350 g/mol. The molecule has 0 unspecified atom stereocenters. The minimum atomic E-state index is -1.38. The molecule has 0 atom stereocenters. The van der Waals surface area contributed by atoms with Crippen LogP contribution in [0.1, 0.15) is 30.0 Å². The summed E-state index contributed by atoms with van der Waals surface area (Å²) in [6.07, 6.45) is 0.152. The summed E-state index contributed by atoms with van der Waals surface area (Å²) >= 11 is 0. The second kappa shape index (κ2) is 6.29. The predicted molar refractivity (Wildman–Crippen MR) is 97.3 cm³/mol. The molecule has 1 N–H and O–H groups in total. The molecule has 0 amide bonds. The minimum absolute atomic E-state index is 0.200. The lowest BCUT2D eigenvalue weighted by molar-refractivity contribution is 0.0847. The molecule has 0 fully saturated rings. The van der Waals surface area contributed by atoms with E-state index in [4.69, 9.17) is 10.1 Å². The molecule has 6 nitrogen and oxygen atoms in total. The maximum atomic E-state index is 13.0. The van der Waals surface area contributed by atoms with Crippen LogP contribution in [0.5, 0.6) is 0 Å². The molecule has 6 heteroatoms. The van der Waals surface area contributed by atoms with Crippen LogP contribution in [-0.4, -0.2) is 20.8 Å². The zero-order valence-corrected chi connectivity index (χ0v) is 14.4. The number of hydrogen-bond acceptors (Lipinski definition) is 4. The number of carboxylic acid groups (broad SMARTS) is 1. The van der Waals surface area contributed by atoms with Gasteiger partial charge in [-0.05, 0) is 30.2 Å². The number of fused-ring (bicyclic) bond motifs is 4. The fourth-order valence-corrected chi connectivity index (χ4v) is 3.55. The maximum Gasteiger partial charge on any atom is 0.506 e. The van der Waals surface area contributed by atoms with Gasteiger partial charge in [0.15, 0.2) is 0 Å². The first-order valence-corrected chi connectivity index (χ1v) is 8.59. The Morgan fingerprint density at radius 2 is 2.12 bits per heavy atom. The third kappa shape index (κ3) is 2.63. The summed E-state index contributed by atoms with van der Waals surface area (Å²) < 4.78 is 6.35. The van der Waals surface area contributed by atoms with Crippen molar-refractivity contribution in [1.29, 1.82) is 0 Å². The number of benzene rings is 1. The monoisotopic (exact) mass is 350 g/mol. The summed E-state index contributed by atoms with van der Waals surface area (Å²) in [6.45, 7) is 2.23. The Bertz CT molecular complexity index is 1090. The van der Waals surface area contributed by atoms with Crippen molar-refractivity contribution < 1.29 is 14.6 Å². The van der Waals surface area contributed by atoms with Gasteiger partial charge in [0, 0.05) is 10.9 Å². The van der Waals surface area contributed by atoms with Gasteiger partial charge in [0.2, 0.25) is 0 Å². The van der Waals surface area contributed by atoms with Crippen LogP contribution in [0.4, 0.5) is 4.79 Å². The van der Waals surface area contributed by atoms with Gasteiger partial charge in [0.25, 0.3) is 5.56 Å². The molecule has 0 bridgehead atoms. The van der Waals surface area contributed by atoms with Crippen LogP contribution in [0, 0.1) is 0 Å². The maximum absolute atomic E-state index is 13.0. The predicted octanol–water partition coefficient (Wildman–Crippen LogP) is 3.57. The summed E-state index contributed by atoms with van der Waals surface area (Å²) in [6, 6.07) is 11.9. The SMILES string of the molecule is CCCc1cc2n(c(=O)c1COC(=O)O)Cc1cc3ccccc3nc1-2. The van der Waals surface area contributed by atoms with E-state index in [1.54, 1.807) is 4.57 Å². The van der Waals surface area contributed by atoms with Gasteiger partial charge < -0.3 is 14.4 Å². The van der Waals surface area contributed by atoms with Gasteiger partial charge in [-0.15, -0.1) is 0 Å². The van der Waals surface area contributed by atoms with Crippen LogP contribution in [0.25, 0.3) is 22.3 Å². The van der Waals surface area contributed by atoms with Crippen LogP contribution in [0.15, 0.2) is 41.2 Å². The molecular weight excluding hydrogens is 332 g/mol. The number of pyridine rings is 2. The lowest BCUT2D eigenvalue weighted by Crippen LogP contribution is -2.26. The topological polar surface area (TPSA) is 81.4 Å². The molecule has 1 aromatic carbocycles. The molecule has 3 heterocycles. The smallest absolute Gasteiger partial charge is 0.450 e. The van der Waals surface area contributed by atoms with Crippen molar-refractivity contribution in [3.8, 4) is 11.4 Å². The van der Waals surface area contributed by atoms with Gasteiger partial charge in [0.1, 0.15) is 6.61 Å². The van der Waals surface area contributed by atoms with Crippen molar-refractivity contribution in [2.45, 2.75) is 32.9 Å². The number of rotatable bonds is 4. The first-order chi connectivity index (χ1) is 12.6. The molecule has 132 valence electrons. The third-order valence-electron chi connectivity index (χ3n) is 4.73. The Hall–Kier alpha value is -3.15. The quantitative estimate of drug-likeness (QED) is 0.569. The van der Waals surface area contributed by atoms with Crippen molar-refractivity contribution in [3.63, 3.8) is 0 Å². The summed E-state index contributed by atoms with van der Waals surface area (Å²) in [5, 5.41) is 9.83. The summed E-state index contributed by atoms with van der Waals surface area (Å²) in [7, 11) is 0. The zero-order chi connectivity index (χ0) is 18.3. The summed E-state index contributed by atoms with van der Waals surface area (Å²) in [5.74, 6) is 0. The number of aryl methyl sites for hydroxylation is 1. The first kappa shape index (κ1) is 16.3. The second-order valence-corrected chi connectivity index (χ2v) is 6.42. The molecule has 1 aliphatic rings. The number of ether oxygens (including phenoxy) is 1. The number of aromatic nitrogens is 2. The van der Waals surface area contributed by atoms with Gasteiger partial charge in [0.05, 0.1) is 29.0 Å². The number of carbonyl (C=O) groups is 1. The van der Waals surface area contributed by atoms with Crippen LogP contribution < -0.4 is 5.56 Å². The average Bonchev–Trinajstić information content (AvgIpc) is 2.97. The zero-order valence-electron chi connectivity index (χ0n) is 14.4. The number of para-hydroxylation sites is 1. The Balaban J connectivity index is 1.88. The highest BCUT2D eigenvalue weighted by molar-refractivity contribution is 5.83. The molecular formula is C20H18N2O4. The van der Waals surface area contributed by atoms with Crippen molar-refractivity contribution >= 4 is 17.1 Å². The lowest BCUT2D eigenvalue weighted by Gasteiger charge is -2.12. The largest absolute Gasteiger partial charge is 0.506 e. The van der Waals surface area contributed by atoms with E-state index in [0.29, 0.717) is 18.5 Å². The molecule has 26 heavy (non-hydrogen) atoms. The van der Waals surface area contributed by atoms with Gasteiger partial charge in [-0.1, -0.05) is 31.5 Å². The van der Waals surface area contributed by atoms with Crippen molar-refractivity contribution in [2.24, 2.45) is 0 Å². The molecule has 4 rings (SSSR count). The number of nitrogens with zero attached hydrogens (tertiary/aromatic N) is 2. The van der Waals surface area contributed by atoms with E-state index in [0.717, 1.165) is 39.8 Å². The van der Waals surface area contributed by atoms with E-state index >= 15 is 0 Å². The van der Waals surface area contributed by atoms with E-state index in [-0.39, 0.29) is 12.2 Å². The molecule has 2 aromatic heterocycles. The molecule has 0 saturated carbocycles. The fraction of sp³-hybridized carbons (Fsp3) is 0.250. The standard InChI is InChI=1S/C20H18N2O4/c1-2-5-12-9-17-18-14(8-13-6-3-4-7-16(13)21-18)10-22(17)19(23)15(12)11-26-20(24)25/h3-4,6-9H,2,5,10-11H2,1H3,(H,24,25). The van der Waals surface area contributed by atoms with Crippen molar-refractivity contribution in [3.05, 3.63) is 63.4 Å². The van der Waals surface area contributed by atoms with Crippen molar-refractivity contribution in [2.75, 3.05) is 0 Å². The highest BCUT2D eigenvalue weighted by Crippen LogP contribution is 2.32. The van der Waals surface area contributed by atoms with Crippen LogP contribution in [0.3, 0.4) is 0 Å². The van der Waals surface area contributed by atoms with E-state index in [1.165, 1.54) is 0 Å². The number of hydrogen-bond donors (Lipinski definition) is 1. The Labute approximate surface area is 149 Å². The fourth-order valence-electron chi connectivity index (χ4n) is 3.55. The Morgan fingerprint density at radius 3 is 2.88 bits per heavy atom. The molecule has 0 spiro atoms. The van der Waals surface area contributed by atoms with E-state index in [2.05, 4.69) is 10.8 Å². The van der Waals surface area contributed by atoms with Gasteiger partial charge in [-0.25, -0.2) is 9.78 Å². The van der Waals surface area contributed by atoms with Crippen LogP contribution in [-0.2, 0) is 24.3 Å². The Morgan fingerprint density at radius 1 is 1.31 bits per heavy atom. The second-order valence-electron chi connectivity index (χ2n) is 6.42. The molecule has 0 aliphatic carbocycles. The minimum Gasteiger partial charge on any atom is -0.450 e. The van der Waals surface area contributed by atoms with Gasteiger partial charge in [-0.3, -0.25) is 4.79 Å². The van der Waals surface area contributed by atoms with E-state index in [9.17, 15) is 9.59 Å². The van der Waals surface area contributed by atoms with E-state index < -0.39 is 6.16 Å². The molecule has 1 aliphatic heterocycles. The molecule has 0 saturated heterocycles. The van der Waals surface area contributed by atoms with Crippen molar-refractivity contribution in [1.82, 2.24) is 9.55 Å².